The zero-order valence-corrected chi connectivity index (χ0v) is 15.7. The summed E-state index contributed by atoms with van der Waals surface area (Å²) in [6.07, 6.45) is 0.0519. The number of hydrogen-bond acceptors (Lipinski definition) is 5. The maximum atomic E-state index is 12.5. The van der Waals surface area contributed by atoms with Gasteiger partial charge in [0.05, 0.1) is 24.5 Å². The quantitative estimate of drug-likeness (QED) is 0.387. The molecule has 0 aliphatic heterocycles. The van der Waals surface area contributed by atoms with Gasteiger partial charge in [-0.3, -0.25) is 4.79 Å². The Balaban J connectivity index is 1.59. The van der Waals surface area contributed by atoms with E-state index < -0.39 is 17.6 Å². The third-order valence-electron chi connectivity index (χ3n) is 3.77. The van der Waals surface area contributed by atoms with Crippen molar-refractivity contribution >= 4 is 23.7 Å². The van der Waals surface area contributed by atoms with Gasteiger partial charge in [-0.05, 0) is 42.8 Å². The molecule has 29 heavy (non-hydrogen) atoms. The highest BCUT2D eigenvalue weighted by Gasteiger charge is 2.30. The molecule has 1 amide bonds. The molecule has 1 aromatic carbocycles. The molecular weight excluding hydrogens is 409 g/mol. The first-order chi connectivity index (χ1) is 13.7. The SMILES string of the molecule is Cc1cnc(Cl)c(Cn2cc(/C=N/NC(=O)c3ccc(C(F)(F)F)cc3)nn2)c1. The second-order valence-corrected chi connectivity index (χ2v) is 6.44. The largest absolute Gasteiger partial charge is 0.416 e. The number of hydrogen-bond donors (Lipinski definition) is 1. The van der Waals surface area contributed by atoms with E-state index in [4.69, 9.17) is 11.6 Å². The predicted molar refractivity (Wildman–Crippen MR) is 99.6 cm³/mol. The van der Waals surface area contributed by atoms with Crippen molar-refractivity contribution in [2.45, 2.75) is 19.6 Å². The lowest BCUT2D eigenvalue weighted by Gasteiger charge is -2.06. The summed E-state index contributed by atoms with van der Waals surface area (Å²) >= 11 is 6.06. The molecule has 0 bridgehead atoms. The number of carbonyl (C=O) groups is 1. The number of nitrogens with zero attached hydrogens (tertiary/aromatic N) is 5. The molecule has 0 spiro atoms. The van der Waals surface area contributed by atoms with Gasteiger partial charge in [-0.25, -0.2) is 15.1 Å². The number of benzene rings is 1. The van der Waals surface area contributed by atoms with Crippen molar-refractivity contribution < 1.29 is 18.0 Å². The van der Waals surface area contributed by atoms with Crippen molar-refractivity contribution in [3.05, 3.63) is 75.8 Å². The number of aromatic nitrogens is 4. The molecule has 11 heteroatoms. The minimum Gasteiger partial charge on any atom is -0.267 e. The summed E-state index contributed by atoms with van der Waals surface area (Å²) in [5.74, 6) is -0.653. The number of rotatable bonds is 5. The summed E-state index contributed by atoms with van der Waals surface area (Å²) in [6, 6.07) is 5.69. The zero-order chi connectivity index (χ0) is 21.0. The first-order valence-corrected chi connectivity index (χ1v) is 8.62. The highest BCUT2D eigenvalue weighted by molar-refractivity contribution is 6.30. The van der Waals surface area contributed by atoms with E-state index in [2.05, 4.69) is 25.8 Å². The Morgan fingerprint density at radius 1 is 1.31 bits per heavy atom. The van der Waals surface area contributed by atoms with E-state index in [-0.39, 0.29) is 5.56 Å². The molecule has 0 saturated heterocycles. The first-order valence-electron chi connectivity index (χ1n) is 8.24. The molecule has 3 aromatic rings. The van der Waals surface area contributed by atoms with E-state index in [1.54, 1.807) is 12.4 Å². The van der Waals surface area contributed by atoms with Crippen LogP contribution in [0.15, 0.2) is 47.8 Å². The van der Waals surface area contributed by atoms with E-state index in [0.717, 1.165) is 35.4 Å². The van der Waals surface area contributed by atoms with Gasteiger partial charge in [0.25, 0.3) is 5.91 Å². The molecule has 150 valence electrons. The molecule has 0 aliphatic rings. The first kappa shape index (κ1) is 20.5. The van der Waals surface area contributed by atoms with Crippen molar-refractivity contribution in [1.82, 2.24) is 25.4 Å². The Morgan fingerprint density at radius 3 is 2.72 bits per heavy atom. The fraction of sp³-hybridized carbons (Fsp3) is 0.167. The van der Waals surface area contributed by atoms with Crippen LogP contribution in [-0.4, -0.2) is 32.1 Å². The van der Waals surface area contributed by atoms with E-state index in [0.29, 0.717) is 17.4 Å². The van der Waals surface area contributed by atoms with Crippen LogP contribution < -0.4 is 5.43 Å². The van der Waals surface area contributed by atoms with Gasteiger partial charge in [0.2, 0.25) is 0 Å². The van der Waals surface area contributed by atoms with Gasteiger partial charge in [-0.15, -0.1) is 5.10 Å². The van der Waals surface area contributed by atoms with Gasteiger partial charge in [-0.2, -0.15) is 18.3 Å². The fourth-order valence-corrected chi connectivity index (χ4v) is 2.54. The van der Waals surface area contributed by atoms with Crippen LogP contribution in [0.25, 0.3) is 0 Å². The average Bonchev–Trinajstić information content (AvgIpc) is 3.11. The number of hydrazone groups is 1. The number of halogens is 4. The van der Waals surface area contributed by atoms with Crippen LogP contribution in [0.1, 0.15) is 32.7 Å². The van der Waals surface area contributed by atoms with Gasteiger partial charge in [0.15, 0.2) is 0 Å². The zero-order valence-electron chi connectivity index (χ0n) is 15.0. The second-order valence-electron chi connectivity index (χ2n) is 6.08. The Morgan fingerprint density at radius 2 is 2.03 bits per heavy atom. The minimum atomic E-state index is -4.46. The Bertz CT molecular complexity index is 1050. The third kappa shape index (κ3) is 5.38. The van der Waals surface area contributed by atoms with E-state index in [1.165, 1.54) is 10.9 Å². The molecule has 1 N–H and O–H groups in total. The number of amides is 1. The maximum absolute atomic E-state index is 12.5. The average molecular weight is 423 g/mol. The number of alkyl halides is 3. The third-order valence-corrected chi connectivity index (χ3v) is 4.11. The van der Waals surface area contributed by atoms with Crippen molar-refractivity contribution in [2.24, 2.45) is 5.10 Å². The van der Waals surface area contributed by atoms with Crippen LogP contribution in [0.5, 0.6) is 0 Å². The lowest BCUT2D eigenvalue weighted by molar-refractivity contribution is -0.137. The number of nitrogens with one attached hydrogen (secondary N) is 1. The van der Waals surface area contributed by atoms with Crippen molar-refractivity contribution in [3.8, 4) is 0 Å². The Hall–Kier alpha value is -3.27. The standard InChI is InChI=1S/C18H14ClF3N6O/c1-11-6-13(16(19)23-7-11)9-28-10-15(25-27-28)8-24-26-17(29)12-2-4-14(5-3-12)18(20,21)22/h2-8,10H,9H2,1H3,(H,26,29)/b24-8+. The smallest absolute Gasteiger partial charge is 0.267 e. The molecular formula is C18H14ClF3N6O. The molecule has 0 saturated carbocycles. The summed E-state index contributed by atoms with van der Waals surface area (Å²) in [4.78, 5) is 16.0. The maximum Gasteiger partial charge on any atom is 0.416 e. The summed E-state index contributed by atoms with van der Waals surface area (Å²) < 4.78 is 39.2. The van der Waals surface area contributed by atoms with Gasteiger partial charge in [-0.1, -0.05) is 16.8 Å². The fourth-order valence-electron chi connectivity index (χ4n) is 2.38. The molecule has 0 aliphatic carbocycles. The number of carbonyl (C=O) groups excluding carboxylic acids is 1. The topological polar surface area (TPSA) is 85.1 Å². The van der Waals surface area contributed by atoms with Gasteiger partial charge in [0.1, 0.15) is 10.8 Å². The van der Waals surface area contributed by atoms with Gasteiger partial charge >= 0.3 is 6.18 Å². The summed E-state index contributed by atoms with van der Waals surface area (Å²) in [5.41, 5.74) is 3.53. The van der Waals surface area contributed by atoms with Crippen LogP contribution in [0.4, 0.5) is 13.2 Å². The summed E-state index contributed by atoms with van der Waals surface area (Å²) in [6.45, 7) is 2.25. The molecule has 7 nitrogen and oxygen atoms in total. The van der Waals surface area contributed by atoms with Gasteiger partial charge in [0, 0.05) is 17.3 Å². The van der Waals surface area contributed by atoms with Crippen LogP contribution >= 0.6 is 11.6 Å². The minimum absolute atomic E-state index is 0.0420. The van der Waals surface area contributed by atoms with Crippen molar-refractivity contribution in [3.63, 3.8) is 0 Å². The van der Waals surface area contributed by atoms with Crippen LogP contribution in [0.2, 0.25) is 5.15 Å². The van der Waals surface area contributed by atoms with Crippen LogP contribution in [-0.2, 0) is 12.7 Å². The van der Waals surface area contributed by atoms with Gasteiger partial charge < -0.3 is 0 Å². The highest BCUT2D eigenvalue weighted by Crippen LogP contribution is 2.29. The Kier molecular flexibility index (Phi) is 5.92. The summed E-state index contributed by atoms with van der Waals surface area (Å²) in [5, 5.41) is 11.9. The predicted octanol–water partition coefficient (Wildman–Crippen LogP) is 3.47. The molecule has 2 heterocycles. The monoisotopic (exact) mass is 422 g/mol. The van der Waals surface area contributed by atoms with E-state index in [9.17, 15) is 18.0 Å². The lowest BCUT2D eigenvalue weighted by Crippen LogP contribution is -2.18. The molecule has 0 unspecified atom stereocenters. The van der Waals surface area contributed by atoms with Crippen LogP contribution in [0, 0.1) is 6.92 Å². The number of aryl methyl sites for hydroxylation is 1. The normalized spacial score (nSPS) is 11.8. The van der Waals surface area contributed by atoms with Crippen molar-refractivity contribution in [2.75, 3.05) is 0 Å². The molecule has 3 rings (SSSR count). The molecule has 0 atom stereocenters. The van der Waals surface area contributed by atoms with Crippen LogP contribution in [0.3, 0.4) is 0 Å². The molecule has 0 fully saturated rings. The van der Waals surface area contributed by atoms with Crippen molar-refractivity contribution in [1.29, 1.82) is 0 Å². The Labute approximate surface area is 168 Å². The second kappa shape index (κ2) is 8.39. The lowest BCUT2D eigenvalue weighted by atomic mass is 10.1. The summed E-state index contributed by atoms with van der Waals surface area (Å²) in [7, 11) is 0. The molecule has 0 radical (unpaired) electrons. The van der Waals surface area contributed by atoms with E-state index in [1.807, 2.05) is 13.0 Å². The highest BCUT2D eigenvalue weighted by atomic mass is 35.5. The number of pyridine rings is 1. The molecule has 2 aromatic heterocycles. The van der Waals surface area contributed by atoms with E-state index >= 15 is 0 Å².